The number of fused-ring (bicyclic) bond motifs is 1. The van der Waals surface area contributed by atoms with E-state index in [-0.39, 0.29) is 6.10 Å². The van der Waals surface area contributed by atoms with Gasteiger partial charge in [-0.1, -0.05) is 35.9 Å². The van der Waals surface area contributed by atoms with Gasteiger partial charge in [0.25, 0.3) is 0 Å². The van der Waals surface area contributed by atoms with Crippen molar-refractivity contribution in [3.8, 4) is 11.5 Å². The predicted octanol–water partition coefficient (Wildman–Crippen LogP) is 4.32. The van der Waals surface area contributed by atoms with E-state index in [9.17, 15) is 0 Å². The number of benzene rings is 2. The highest BCUT2D eigenvalue weighted by Crippen LogP contribution is 2.43. The normalized spacial score (nSPS) is 21.2. The Balaban J connectivity index is 1.59. The van der Waals surface area contributed by atoms with Crippen LogP contribution in [-0.2, 0) is 0 Å². The van der Waals surface area contributed by atoms with E-state index in [2.05, 4.69) is 17.4 Å². The molecule has 2 aromatic rings. The first-order chi connectivity index (χ1) is 11.3. The highest BCUT2D eigenvalue weighted by Gasteiger charge is 2.27. The van der Waals surface area contributed by atoms with Crippen molar-refractivity contribution < 1.29 is 9.47 Å². The molecule has 0 radical (unpaired) electrons. The molecule has 4 heteroatoms. The molecule has 2 heterocycles. The molecule has 0 saturated carbocycles. The molecule has 1 atom stereocenters. The zero-order chi connectivity index (χ0) is 15.6. The lowest BCUT2D eigenvalue weighted by Gasteiger charge is -2.31. The van der Waals surface area contributed by atoms with Gasteiger partial charge in [-0.3, -0.25) is 0 Å². The fraction of sp³-hybridized carbons (Fsp3) is 0.368. The van der Waals surface area contributed by atoms with Crippen molar-refractivity contribution in [2.24, 2.45) is 0 Å². The lowest BCUT2D eigenvalue weighted by molar-refractivity contribution is 0.0895. The highest BCUT2D eigenvalue weighted by molar-refractivity contribution is 6.30. The Bertz CT molecular complexity index is 680. The summed E-state index contributed by atoms with van der Waals surface area (Å²) in [5.41, 5.74) is 2.38. The minimum atomic E-state index is -0.0805. The minimum absolute atomic E-state index is 0.0805. The van der Waals surface area contributed by atoms with Crippen molar-refractivity contribution in [1.82, 2.24) is 5.32 Å². The van der Waals surface area contributed by atoms with E-state index in [1.807, 2.05) is 30.3 Å². The van der Waals surface area contributed by atoms with Crippen molar-refractivity contribution in [2.75, 3.05) is 19.7 Å². The number of nitrogens with one attached hydrogen (secondary N) is 1. The van der Waals surface area contributed by atoms with Crippen LogP contribution in [0.25, 0.3) is 0 Å². The first-order valence-electron chi connectivity index (χ1n) is 8.20. The van der Waals surface area contributed by atoms with Gasteiger partial charge in [0.2, 0.25) is 0 Å². The molecule has 0 unspecified atom stereocenters. The molecule has 0 spiro atoms. The number of rotatable bonds is 2. The van der Waals surface area contributed by atoms with Crippen LogP contribution >= 0.6 is 11.6 Å². The standard InChI is InChI=1S/C19H20ClNO2/c20-15-6-4-14(5-7-15)18-12-22-19-16(2-1-3-17(19)23-18)13-8-10-21-11-9-13/h1-7,13,18,21H,8-12H2/t18-/m0/s1. The lowest BCUT2D eigenvalue weighted by Crippen LogP contribution is -2.28. The Morgan fingerprint density at radius 3 is 2.57 bits per heavy atom. The monoisotopic (exact) mass is 329 g/mol. The molecular formula is C19H20ClNO2. The molecule has 2 aliphatic rings. The van der Waals surface area contributed by atoms with Gasteiger partial charge in [-0.15, -0.1) is 0 Å². The van der Waals surface area contributed by atoms with Crippen LogP contribution in [-0.4, -0.2) is 19.7 Å². The number of piperidine rings is 1. The molecule has 120 valence electrons. The average Bonchev–Trinajstić information content (AvgIpc) is 2.62. The number of halogens is 1. The van der Waals surface area contributed by atoms with Crippen LogP contribution in [0.15, 0.2) is 42.5 Å². The van der Waals surface area contributed by atoms with Crippen LogP contribution in [0, 0.1) is 0 Å². The second-order valence-electron chi connectivity index (χ2n) is 6.17. The maximum atomic E-state index is 6.21. The first-order valence-corrected chi connectivity index (χ1v) is 8.57. The summed E-state index contributed by atoms with van der Waals surface area (Å²) in [5, 5.41) is 4.15. The maximum absolute atomic E-state index is 6.21. The van der Waals surface area contributed by atoms with E-state index in [0.717, 1.165) is 48.0 Å². The SMILES string of the molecule is Clc1ccc([C@@H]2COc3c(cccc3C3CCNCC3)O2)cc1. The van der Waals surface area contributed by atoms with Crippen LogP contribution < -0.4 is 14.8 Å². The number of para-hydroxylation sites is 1. The third kappa shape index (κ3) is 3.04. The number of hydrogen-bond acceptors (Lipinski definition) is 3. The molecule has 2 aromatic carbocycles. The molecule has 0 bridgehead atoms. The van der Waals surface area contributed by atoms with Gasteiger partial charge < -0.3 is 14.8 Å². The summed E-state index contributed by atoms with van der Waals surface area (Å²) < 4.78 is 12.3. The van der Waals surface area contributed by atoms with Crippen LogP contribution in [0.3, 0.4) is 0 Å². The van der Waals surface area contributed by atoms with Crippen molar-refractivity contribution in [2.45, 2.75) is 24.9 Å². The third-order valence-corrected chi connectivity index (χ3v) is 4.93. The highest BCUT2D eigenvalue weighted by atomic mass is 35.5. The largest absolute Gasteiger partial charge is 0.485 e. The van der Waals surface area contributed by atoms with Gasteiger partial charge in [-0.2, -0.15) is 0 Å². The first kappa shape index (κ1) is 14.9. The summed E-state index contributed by atoms with van der Waals surface area (Å²) in [6.07, 6.45) is 2.23. The second kappa shape index (κ2) is 6.42. The van der Waals surface area contributed by atoms with E-state index in [0.29, 0.717) is 12.5 Å². The van der Waals surface area contributed by atoms with Crippen LogP contribution in [0.5, 0.6) is 11.5 Å². The summed E-state index contributed by atoms with van der Waals surface area (Å²) in [5.74, 6) is 2.35. The number of ether oxygens (including phenoxy) is 2. The Morgan fingerprint density at radius 2 is 1.78 bits per heavy atom. The molecular weight excluding hydrogens is 310 g/mol. The van der Waals surface area contributed by atoms with Gasteiger partial charge in [0, 0.05) is 10.6 Å². The summed E-state index contributed by atoms with van der Waals surface area (Å²) in [6.45, 7) is 2.68. The van der Waals surface area contributed by atoms with Gasteiger partial charge in [-0.05, 0) is 55.6 Å². The van der Waals surface area contributed by atoms with Gasteiger partial charge in [0.05, 0.1) is 0 Å². The van der Waals surface area contributed by atoms with E-state index in [1.165, 1.54) is 5.56 Å². The Labute approximate surface area is 141 Å². The Kier molecular flexibility index (Phi) is 4.15. The van der Waals surface area contributed by atoms with Crippen molar-refractivity contribution in [1.29, 1.82) is 0 Å². The molecule has 4 rings (SSSR count). The van der Waals surface area contributed by atoms with E-state index < -0.39 is 0 Å². The van der Waals surface area contributed by atoms with E-state index >= 15 is 0 Å². The van der Waals surface area contributed by atoms with Crippen molar-refractivity contribution in [3.05, 3.63) is 58.6 Å². The lowest BCUT2D eigenvalue weighted by atomic mass is 9.89. The van der Waals surface area contributed by atoms with Crippen LogP contribution in [0.4, 0.5) is 0 Å². The molecule has 0 aliphatic carbocycles. The zero-order valence-corrected chi connectivity index (χ0v) is 13.7. The minimum Gasteiger partial charge on any atom is -0.485 e. The third-order valence-electron chi connectivity index (χ3n) is 4.68. The molecule has 23 heavy (non-hydrogen) atoms. The summed E-state index contributed by atoms with van der Waals surface area (Å²) in [6, 6.07) is 14.0. The molecule has 0 aromatic heterocycles. The van der Waals surface area contributed by atoms with Crippen molar-refractivity contribution in [3.63, 3.8) is 0 Å². The second-order valence-corrected chi connectivity index (χ2v) is 6.60. The average molecular weight is 330 g/mol. The fourth-order valence-electron chi connectivity index (χ4n) is 3.42. The zero-order valence-electron chi connectivity index (χ0n) is 12.9. The number of hydrogen-bond donors (Lipinski definition) is 1. The molecule has 1 saturated heterocycles. The summed E-state index contributed by atoms with van der Waals surface area (Å²) >= 11 is 5.96. The smallest absolute Gasteiger partial charge is 0.164 e. The van der Waals surface area contributed by atoms with Crippen molar-refractivity contribution >= 4 is 11.6 Å². The molecule has 2 aliphatic heterocycles. The quantitative estimate of drug-likeness (QED) is 0.890. The molecule has 0 amide bonds. The Morgan fingerprint density at radius 1 is 1.00 bits per heavy atom. The molecule has 3 nitrogen and oxygen atoms in total. The Hall–Kier alpha value is -1.71. The predicted molar refractivity (Wildman–Crippen MR) is 91.6 cm³/mol. The summed E-state index contributed by atoms with van der Waals surface area (Å²) in [7, 11) is 0. The van der Waals surface area contributed by atoms with Gasteiger partial charge in [-0.25, -0.2) is 0 Å². The van der Waals surface area contributed by atoms with Gasteiger partial charge >= 0.3 is 0 Å². The van der Waals surface area contributed by atoms with E-state index in [1.54, 1.807) is 0 Å². The molecule has 1 fully saturated rings. The summed E-state index contributed by atoms with van der Waals surface area (Å²) in [4.78, 5) is 0. The van der Waals surface area contributed by atoms with Gasteiger partial charge in [0.1, 0.15) is 6.61 Å². The molecule has 1 N–H and O–H groups in total. The fourth-order valence-corrected chi connectivity index (χ4v) is 3.55. The van der Waals surface area contributed by atoms with Crippen LogP contribution in [0.1, 0.15) is 36.0 Å². The topological polar surface area (TPSA) is 30.5 Å². The van der Waals surface area contributed by atoms with E-state index in [4.69, 9.17) is 21.1 Å². The van der Waals surface area contributed by atoms with Crippen LogP contribution in [0.2, 0.25) is 5.02 Å². The van der Waals surface area contributed by atoms with Gasteiger partial charge in [0.15, 0.2) is 17.6 Å². The maximum Gasteiger partial charge on any atom is 0.164 e.